The van der Waals surface area contributed by atoms with E-state index in [2.05, 4.69) is 48.3 Å². The molecular formula is C9H16N2. The summed E-state index contributed by atoms with van der Waals surface area (Å²) in [6.45, 7) is 3.30. The molecular weight excluding hydrogens is 136 g/mol. The zero-order valence-electron chi connectivity index (χ0n) is 7.33. The number of likely N-dealkylation sites (N-methyl/N-ethyl adjacent to an activating group) is 1. The van der Waals surface area contributed by atoms with Gasteiger partial charge >= 0.3 is 0 Å². The average Bonchev–Trinajstić information content (AvgIpc) is 2.03. The molecule has 1 rings (SSSR count). The van der Waals surface area contributed by atoms with Gasteiger partial charge in [-0.3, -0.25) is 0 Å². The second kappa shape index (κ2) is 4.19. The molecule has 0 aromatic carbocycles. The van der Waals surface area contributed by atoms with E-state index in [9.17, 15) is 0 Å². The topological polar surface area (TPSA) is 6.48 Å². The molecule has 2 heteroatoms. The van der Waals surface area contributed by atoms with E-state index < -0.39 is 0 Å². The molecule has 0 bridgehead atoms. The van der Waals surface area contributed by atoms with Crippen molar-refractivity contribution in [1.29, 1.82) is 0 Å². The van der Waals surface area contributed by atoms with Crippen molar-refractivity contribution in [2.24, 2.45) is 0 Å². The Balaban J connectivity index is 2.17. The Kier molecular flexibility index (Phi) is 3.17. The van der Waals surface area contributed by atoms with E-state index in [-0.39, 0.29) is 0 Å². The molecule has 0 atom stereocenters. The van der Waals surface area contributed by atoms with E-state index in [0.29, 0.717) is 0 Å². The Morgan fingerprint density at radius 3 is 2.73 bits per heavy atom. The zero-order valence-corrected chi connectivity index (χ0v) is 7.33. The summed E-state index contributed by atoms with van der Waals surface area (Å²) in [5, 5.41) is 0. The maximum atomic E-state index is 2.31. The Morgan fingerprint density at radius 2 is 2.18 bits per heavy atom. The first-order chi connectivity index (χ1) is 5.29. The standard InChI is InChI=1S/C9H16N2/c1-10(2)8-9-11-6-4-3-5-7-11/h3-6H,7-9H2,1-2H3. The summed E-state index contributed by atoms with van der Waals surface area (Å²) in [5.41, 5.74) is 0. The first-order valence-electron chi connectivity index (χ1n) is 4.01. The van der Waals surface area contributed by atoms with Crippen LogP contribution in [-0.4, -0.2) is 43.5 Å². The maximum absolute atomic E-state index is 2.31. The van der Waals surface area contributed by atoms with Crippen LogP contribution in [0.2, 0.25) is 0 Å². The number of nitrogens with zero attached hydrogens (tertiary/aromatic N) is 2. The molecule has 0 aliphatic carbocycles. The van der Waals surface area contributed by atoms with Crippen molar-refractivity contribution in [2.75, 3.05) is 33.7 Å². The molecule has 0 unspecified atom stereocenters. The molecule has 0 radical (unpaired) electrons. The van der Waals surface area contributed by atoms with Gasteiger partial charge in [-0.2, -0.15) is 0 Å². The Bertz CT molecular complexity index is 159. The fourth-order valence-electron chi connectivity index (χ4n) is 1.00. The molecule has 0 aromatic heterocycles. The highest BCUT2D eigenvalue weighted by molar-refractivity contribution is 5.08. The summed E-state index contributed by atoms with van der Waals surface area (Å²) in [5.74, 6) is 0. The van der Waals surface area contributed by atoms with E-state index in [0.717, 1.165) is 19.6 Å². The summed E-state index contributed by atoms with van der Waals surface area (Å²) in [6.07, 6.45) is 8.49. The summed E-state index contributed by atoms with van der Waals surface area (Å²) in [6, 6.07) is 0. The van der Waals surface area contributed by atoms with Gasteiger partial charge in [0.25, 0.3) is 0 Å². The predicted octanol–water partition coefficient (Wildman–Crippen LogP) is 0.933. The third kappa shape index (κ3) is 3.23. The van der Waals surface area contributed by atoms with Crippen LogP contribution < -0.4 is 0 Å². The summed E-state index contributed by atoms with van der Waals surface area (Å²) in [4.78, 5) is 4.51. The fourth-order valence-corrected chi connectivity index (χ4v) is 1.00. The third-order valence-electron chi connectivity index (χ3n) is 1.72. The molecule has 1 aliphatic heterocycles. The van der Waals surface area contributed by atoms with Crippen LogP contribution in [0.5, 0.6) is 0 Å². The van der Waals surface area contributed by atoms with Crippen LogP contribution in [0.1, 0.15) is 0 Å². The molecule has 1 heterocycles. The third-order valence-corrected chi connectivity index (χ3v) is 1.72. The van der Waals surface area contributed by atoms with Gasteiger partial charge in [0.05, 0.1) is 0 Å². The number of hydrogen-bond acceptors (Lipinski definition) is 2. The van der Waals surface area contributed by atoms with Crippen molar-refractivity contribution in [1.82, 2.24) is 9.80 Å². The van der Waals surface area contributed by atoms with Crippen molar-refractivity contribution in [3.05, 3.63) is 24.4 Å². The second-order valence-electron chi connectivity index (χ2n) is 3.07. The lowest BCUT2D eigenvalue weighted by Crippen LogP contribution is -2.28. The molecule has 0 saturated heterocycles. The minimum absolute atomic E-state index is 1.06. The second-order valence-corrected chi connectivity index (χ2v) is 3.07. The van der Waals surface area contributed by atoms with E-state index in [1.165, 1.54) is 0 Å². The van der Waals surface area contributed by atoms with E-state index in [1.54, 1.807) is 0 Å². The van der Waals surface area contributed by atoms with Crippen molar-refractivity contribution in [3.63, 3.8) is 0 Å². The Morgan fingerprint density at radius 1 is 1.36 bits per heavy atom. The Labute approximate surface area is 68.8 Å². The van der Waals surface area contributed by atoms with Gasteiger partial charge in [0.2, 0.25) is 0 Å². The molecule has 62 valence electrons. The highest BCUT2D eigenvalue weighted by atomic mass is 15.2. The van der Waals surface area contributed by atoms with Crippen LogP contribution in [0, 0.1) is 0 Å². The molecule has 0 amide bonds. The van der Waals surface area contributed by atoms with Gasteiger partial charge in [-0.15, -0.1) is 0 Å². The molecule has 2 nitrogen and oxygen atoms in total. The van der Waals surface area contributed by atoms with Gasteiger partial charge in [0, 0.05) is 19.6 Å². The number of hydrogen-bond donors (Lipinski definition) is 0. The summed E-state index contributed by atoms with van der Waals surface area (Å²) in [7, 11) is 4.20. The highest BCUT2D eigenvalue weighted by Crippen LogP contribution is 1.97. The van der Waals surface area contributed by atoms with E-state index in [1.807, 2.05) is 0 Å². The summed E-state index contributed by atoms with van der Waals surface area (Å²) < 4.78 is 0. The number of rotatable bonds is 3. The Hall–Kier alpha value is -0.760. The molecule has 11 heavy (non-hydrogen) atoms. The summed E-state index contributed by atoms with van der Waals surface area (Å²) >= 11 is 0. The fraction of sp³-hybridized carbons (Fsp3) is 0.556. The molecule has 0 N–H and O–H groups in total. The van der Waals surface area contributed by atoms with Crippen LogP contribution in [0.25, 0.3) is 0 Å². The maximum Gasteiger partial charge on any atom is 0.0357 e. The minimum atomic E-state index is 1.06. The van der Waals surface area contributed by atoms with Gasteiger partial charge in [-0.25, -0.2) is 0 Å². The van der Waals surface area contributed by atoms with Crippen molar-refractivity contribution < 1.29 is 0 Å². The van der Waals surface area contributed by atoms with E-state index >= 15 is 0 Å². The van der Waals surface area contributed by atoms with Gasteiger partial charge in [0.15, 0.2) is 0 Å². The highest BCUT2D eigenvalue weighted by Gasteiger charge is 1.98. The smallest absolute Gasteiger partial charge is 0.0357 e. The molecule has 0 saturated carbocycles. The minimum Gasteiger partial charge on any atom is -0.372 e. The first-order valence-corrected chi connectivity index (χ1v) is 4.01. The molecule has 0 fully saturated rings. The van der Waals surface area contributed by atoms with Crippen LogP contribution >= 0.6 is 0 Å². The van der Waals surface area contributed by atoms with Crippen LogP contribution in [0.15, 0.2) is 24.4 Å². The van der Waals surface area contributed by atoms with Crippen LogP contribution in [0.4, 0.5) is 0 Å². The van der Waals surface area contributed by atoms with Crippen LogP contribution in [-0.2, 0) is 0 Å². The van der Waals surface area contributed by atoms with Gasteiger partial charge in [-0.05, 0) is 26.4 Å². The lowest BCUT2D eigenvalue weighted by molar-refractivity contribution is 0.323. The lowest BCUT2D eigenvalue weighted by atomic mass is 10.3. The van der Waals surface area contributed by atoms with Crippen molar-refractivity contribution >= 4 is 0 Å². The quantitative estimate of drug-likeness (QED) is 0.593. The first kappa shape index (κ1) is 8.34. The average molecular weight is 152 g/mol. The van der Waals surface area contributed by atoms with Crippen molar-refractivity contribution in [2.45, 2.75) is 0 Å². The lowest BCUT2D eigenvalue weighted by Gasteiger charge is -2.22. The largest absolute Gasteiger partial charge is 0.372 e. The van der Waals surface area contributed by atoms with Gasteiger partial charge in [-0.1, -0.05) is 12.2 Å². The molecule has 0 spiro atoms. The van der Waals surface area contributed by atoms with Gasteiger partial charge < -0.3 is 9.80 Å². The molecule has 0 aromatic rings. The zero-order chi connectivity index (χ0) is 8.10. The SMILES string of the molecule is CN(C)CCN1C=CC=CC1. The van der Waals surface area contributed by atoms with E-state index in [4.69, 9.17) is 0 Å². The normalized spacial score (nSPS) is 16.5. The van der Waals surface area contributed by atoms with Gasteiger partial charge in [0.1, 0.15) is 0 Å². The monoisotopic (exact) mass is 152 g/mol. The van der Waals surface area contributed by atoms with Crippen molar-refractivity contribution in [3.8, 4) is 0 Å². The van der Waals surface area contributed by atoms with Crippen LogP contribution in [0.3, 0.4) is 0 Å². The number of allylic oxidation sites excluding steroid dienone is 2. The predicted molar refractivity (Wildman–Crippen MR) is 48.4 cm³/mol. The molecule has 1 aliphatic rings.